The van der Waals surface area contributed by atoms with Crippen LogP contribution in [0.5, 0.6) is 0 Å². The summed E-state index contributed by atoms with van der Waals surface area (Å²) >= 11 is 0. The molecule has 6 atom stereocenters. The molecule has 1 heterocycles. The number of nitrogens with zero attached hydrogens (tertiary/aromatic N) is 1. The summed E-state index contributed by atoms with van der Waals surface area (Å²) in [6.07, 6.45) is 3.55. The van der Waals surface area contributed by atoms with Crippen LogP contribution in [0, 0.1) is 34.5 Å². The van der Waals surface area contributed by atoms with Crippen molar-refractivity contribution in [2.24, 2.45) is 40.2 Å². The number of rotatable bonds is 13. The second kappa shape index (κ2) is 13.3. The Morgan fingerprint density at radius 1 is 0.957 bits per heavy atom. The molecule has 2 saturated carbocycles. The van der Waals surface area contributed by atoms with E-state index in [0.717, 1.165) is 19.3 Å². The van der Waals surface area contributed by atoms with E-state index >= 15 is 0 Å². The molecule has 0 spiro atoms. The van der Waals surface area contributed by atoms with Gasteiger partial charge in [-0.1, -0.05) is 67.7 Å². The van der Waals surface area contributed by atoms with Crippen LogP contribution in [-0.2, 0) is 29.0 Å². The first kappa shape index (κ1) is 38.7. The van der Waals surface area contributed by atoms with Gasteiger partial charge in [0.15, 0.2) is 9.84 Å². The van der Waals surface area contributed by atoms with Crippen LogP contribution in [0.2, 0.25) is 0 Å². The molecule has 0 aromatic rings. The van der Waals surface area contributed by atoms with E-state index in [2.05, 4.69) is 16.0 Å². The number of Topliss-reactive ketones (excluding diaryl/α,β-unsaturated/α-hetero) is 1. The highest BCUT2D eigenvalue weighted by Crippen LogP contribution is 2.65. The average Bonchev–Trinajstić information content (AvgIpc) is 3.17. The minimum atomic E-state index is -3.60. The SMILES string of the molecule is CC(C)CC(C)(CS(=O)(=O)C(C)(C)C)NC(=O)NC(C(=O)N1CC2C(C1C(=O)NC(CC1CCC1)C(=O)C(N)=O)C2(C)C)C(C)(C)C. The van der Waals surface area contributed by atoms with Crippen LogP contribution in [0.25, 0.3) is 0 Å². The van der Waals surface area contributed by atoms with E-state index in [1.165, 1.54) is 4.90 Å². The third-order valence-electron chi connectivity index (χ3n) is 10.5. The number of amides is 5. The summed E-state index contributed by atoms with van der Waals surface area (Å²) in [4.78, 5) is 68.0. The maximum atomic E-state index is 14.4. The lowest BCUT2D eigenvalue weighted by Gasteiger charge is -2.39. The molecular formula is C34H59N5O7S. The van der Waals surface area contributed by atoms with Crippen LogP contribution in [0.15, 0.2) is 0 Å². The van der Waals surface area contributed by atoms with E-state index in [9.17, 15) is 32.4 Å². The smallest absolute Gasteiger partial charge is 0.315 e. The number of piperidine rings is 1. The lowest BCUT2D eigenvalue weighted by atomic mass is 9.80. The molecule has 0 bridgehead atoms. The van der Waals surface area contributed by atoms with Crippen molar-refractivity contribution < 1.29 is 32.4 Å². The number of likely N-dealkylation sites (tertiary alicyclic amines) is 1. The number of carbonyl (C=O) groups excluding carboxylic acids is 5. The number of nitrogens with one attached hydrogen (secondary N) is 3. The number of hydrogen-bond donors (Lipinski definition) is 4. The highest BCUT2D eigenvalue weighted by atomic mass is 32.2. The van der Waals surface area contributed by atoms with Crippen molar-refractivity contribution in [3.63, 3.8) is 0 Å². The molecule has 0 aromatic carbocycles. The molecule has 1 aliphatic heterocycles. The van der Waals surface area contributed by atoms with Gasteiger partial charge in [0, 0.05) is 6.54 Å². The Bertz CT molecular complexity index is 1360. The lowest BCUT2D eigenvalue weighted by Crippen LogP contribution is -2.63. The molecule has 1 saturated heterocycles. The highest BCUT2D eigenvalue weighted by Gasteiger charge is 2.70. The quantitative estimate of drug-likeness (QED) is 0.215. The molecule has 5 amide bonds. The zero-order valence-corrected chi connectivity index (χ0v) is 31.1. The first-order valence-electron chi connectivity index (χ1n) is 17.0. The fourth-order valence-corrected chi connectivity index (χ4v) is 8.94. The fourth-order valence-electron chi connectivity index (χ4n) is 7.47. The van der Waals surface area contributed by atoms with Crippen molar-refractivity contribution in [2.45, 2.75) is 137 Å². The van der Waals surface area contributed by atoms with Gasteiger partial charge in [-0.15, -0.1) is 0 Å². The maximum Gasteiger partial charge on any atom is 0.315 e. The second-order valence-corrected chi connectivity index (χ2v) is 20.4. The Hall–Kier alpha value is -2.70. The van der Waals surface area contributed by atoms with Crippen LogP contribution in [-0.4, -0.2) is 83.6 Å². The van der Waals surface area contributed by atoms with E-state index in [1.807, 2.05) is 48.5 Å². The summed E-state index contributed by atoms with van der Waals surface area (Å²) in [5, 5.41) is 8.49. The van der Waals surface area contributed by atoms with Crippen LogP contribution in [0.1, 0.15) is 108 Å². The van der Waals surface area contributed by atoms with Crippen molar-refractivity contribution in [3.8, 4) is 0 Å². The summed E-state index contributed by atoms with van der Waals surface area (Å²) in [6, 6.07) is -3.69. The molecule has 3 rings (SSSR count). The zero-order valence-electron chi connectivity index (χ0n) is 30.3. The molecule has 0 aromatic heterocycles. The van der Waals surface area contributed by atoms with Gasteiger partial charge in [-0.3, -0.25) is 19.2 Å². The summed E-state index contributed by atoms with van der Waals surface area (Å²) in [5.74, 6) is -3.02. The van der Waals surface area contributed by atoms with Crippen LogP contribution in [0.3, 0.4) is 0 Å². The summed E-state index contributed by atoms with van der Waals surface area (Å²) in [6.45, 7) is 20.3. The van der Waals surface area contributed by atoms with Gasteiger partial charge in [-0.2, -0.15) is 0 Å². The van der Waals surface area contributed by atoms with E-state index in [-0.39, 0.29) is 34.8 Å². The number of sulfone groups is 1. The molecule has 268 valence electrons. The van der Waals surface area contributed by atoms with Gasteiger partial charge in [0.05, 0.1) is 22.1 Å². The number of urea groups is 1. The van der Waals surface area contributed by atoms with E-state index < -0.39 is 73.2 Å². The molecule has 12 nitrogen and oxygen atoms in total. The Morgan fingerprint density at radius 3 is 1.98 bits per heavy atom. The predicted molar refractivity (Wildman–Crippen MR) is 181 cm³/mol. The van der Waals surface area contributed by atoms with Gasteiger partial charge >= 0.3 is 6.03 Å². The highest BCUT2D eigenvalue weighted by molar-refractivity contribution is 7.92. The molecule has 47 heavy (non-hydrogen) atoms. The largest absolute Gasteiger partial charge is 0.363 e. The molecule has 13 heteroatoms. The minimum absolute atomic E-state index is 0.0468. The van der Waals surface area contributed by atoms with Crippen molar-refractivity contribution in [3.05, 3.63) is 0 Å². The Balaban J connectivity index is 1.86. The van der Waals surface area contributed by atoms with Gasteiger partial charge in [-0.25, -0.2) is 13.2 Å². The van der Waals surface area contributed by atoms with E-state index in [0.29, 0.717) is 19.4 Å². The topological polar surface area (TPSA) is 185 Å². The van der Waals surface area contributed by atoms with E-state index in [1.54, 1.807) is 27.7 Å². The standard InChI is InChI=1S/C34H59N5O7S/c1-19(2)16-34(11,18-47(45,46)32(6,7)8)38-30(44)37-26(31(3,4)5)29(43)39-17-21-23(33(21,9)10)24(39)28(42)36-22(25(40)27(35)41)15-20-13-12-14-20/h19-24,26H,12-18H2,1-11H3,(H2,35,41)(H,36,42)(H2,37,38,44). The van der Waals surface area contributed by atoms with Crippen LogP contribution >= 0.6 is 0 Å². The van der Waals surface area contributed by atoms with Gasteiger partial charge in [0.25, 0.3) is 5.91 Å². The Labute approximate surface area is 281 Å². The first-order valence-corrected chi connectivity index (χ1v) is 18.6. The maximum absolute atomic E-state index is 14.4. The third kappa shape index (κ3) is 8.67. The number of fused-ring (bicyclic) bond motifs is 1. The molecule has 5 N–H and O–H groups in total. The van der Waals surface area contributed by atoms with Crippen molar-refractivity contribution in [2.75, 3.05) is 12.3 Å². The van der Waals surface area contributed by atoms with Gasteiger partial charge in [0.2, 0.25) is 17.6 Å². The zero-order chi connectivity index (χ0) is 36.1. The van der Waals surface area contributed by atoms with Gasteiger partial charge in [0.1, 0.15) is 12.1 Å². The molecule has 2 aliphatic carbocycles. The molecule has 6 unspecified atom stereocenters. The normalized spacial score (nSPS) is 25.1. The van der Waals surface area contributed by atoms with Gasteiger partial charge < -0.3 is 26.6 Å². The summed E-state index contributed by atoms with van der Waals surface area (Å²) in [7, 11) is -3.60. The minimum Gasteiger partial charge on any atom is -0.363 e. The Kier molecular flexibility index (Phi) is 11.0. The number of nitrogens with two attached hydrogens (primary N) is 1. The van der Waals surface area contributed by atoms with E-state index in [4.69, 9.17) is 5.73 Å². The predicted octanol–water partition coefficient (Wildman–Crippen LogP) is 2.93. The second-order valence-electron chi connectivity index (χ2n) is 17.6. The first-order chi connectivity index (χ1) is 21.2. The number of ketones is 1. The third-order valence-corrected chi connectivity index (χ3v) is 13.4. The molecular weight excluding hydrogens is 622 g/mol. The van der Waals surface area contributed by atoms with Crippen molar-refractivity contribution >= 4 is 39.4 Å². The summed E-state index contributed by atoms with van der Waals surface area (Å²) < 4.78 is 25.4. The van der Waals surface area contributed by atoms with Crippen molar-refractivity contribution in [1.82, 2.24) is 20.9 Å². The monoisotopic (exact) mass is 681 g/mol. The van der Waals surface area contributed by atoms with Crippen LogP contribution in [0.4, 0.5) is 4.79 Å². The number of hydrogen-bond acceptors (Lipinski definition) is 7. The summed E-state index contributed by atoms with van der Waals surface area (Å²) in [5.41, 5.74) is 3.23. The number of primary amides is 1. The van der Waals surface area contributed by atoms with Crippen LogP contribution < -0.4 is 21.7 Å². The molecule has 3 aliphatic rings. The average molecular weight is 682 g/mol. The van der Waals surface area contributed by atoms with Gasteiger partial charge in [-0.05, 0) is 75.0 Å². The number of carbonyl (C=O) groups is 5. The molecule has 0 radical (unpaired) electrons. The lowest BCUT2D eigenvalue weighted by molar-refractivity contribution is -0.145. The fraction of sp³-hybridized carbons (Fsp3) is 0.853. The van der Waals surface area contributed by atoms with Crippen molar-refractivity contribution in [1.29, 1.82) is 0 Å². The Morgan fingerprint density at radius 2 is 1.53 bits per heavy atom. The molecule has 3 fully saturated rings.